The van der Waals surface area contributed by atoms with E-state index in [1.807, 2.05) is 26.0 Å². The Kier molecular flexibility index (Phi) is 10.5. The van der Waals surface area contributed by atoms with E-state index >= 15 is 0 Å². The van der Waals surface area contributed by atoms with Crippen LogP contribution in [0.2, 0.25) is 5.02 Å². The van der Waals surface area contributed by atoms with Crippen molar-refractivity contribution in [1.29, 1.82) is 0 Å². The summed E-state index contributed by atoms with van der Waals surface area (Å²) < 4.78 is 26.7. The summed E-state index contributed by atoms with van der Waals surface area (Å²) in [6.07, 6.45) is 0.418. The summed E-state index contributed by atoms with van der Waals surface area (Å²) in [5.41, 5.74) is 0.741. The van der Waals surface area contributed by atoms with Crippen LogP contribution in [0.25, 0.3) is 0 Å². The third kappa shape index (κ3) is 7.82. The van der Waals surface area contributed by atoms with Gasteiger partial charge in [-0.15, -0.1) is 0 Å². The van der Waals surface area contributed by atoms with E-state index in [0.29, 0.717) is 18.0 Å². The third-order valence-electron chi connectivity index (χ3n) is 5.47. The molecule has 0 radical (unpaired) electrons. The zero-order chi connectivity index (χ0) is 25.3. The van der Waals surface area contributed by atoms with E-state index in [-0.39, 0.29) is 42.1 Å². The molecule has 2 aromatic carbocycles. The second-order valence-electron chi connectivity index (χ2n) is 8.67. The first-order valence-electron chi connectivity index (χ1n) is 11.4. The molecule has 2 amide bonds. The minimum absolute atomic E-state index is 0.0981. The number of sulfonamides is 1. The Morgan fingerprint density at radius 1 is 1.00 bits per heavy atom. The van der Waals surface area contributed by atoms with Crippen LogP contribution in [0.4, 0.5) is 0 Å². The summed E-state index contributed by atoms with van der Waals surface area (Å²) in [5.74, 6) is -0.193. The first-order chi connectivity index (χ1) is 16.0. The largest absolute Gasteiger partial charge is 0.354 e. The number of nitrogens with one attached hydrogen (secondary N) is 1. The molecule has 0 aliphatic carbocycles. The van der Waals surface area contributed by atoms with Crippen LogP contribution >= 0.6 is 11.6 Å². The molecule has 0 saturated carbocycles. The monoisotopic (exact) mass is 507 g/mol. The fourth-order valence-electron chi connectivity index (χ4n) is 3.33. The van der Waals surface area contributed by atoms with Crippen molar-refractivity contribution in [2.45, 2.75) is 51.1 Å². The summed E-state index contributed by atoms with van der Waals surface area (Å²) in [6.45, 7) is 6.56. The number of benzene rings is 2. The van der Waals surface area contributed by atoms with Crippen molar-refractivity contribution in [2.24, 2.45) is 5.92 Å². The Bertz CT molecular complexity index is 1060. The van der Waals surface area contributed by atoms with Gasteiger partial charge >= 0.3 is 0 Å². The average molecular weight is 508 g/mol. The molecule has 0 aliphatic heterocycles. The maximum Gasteiger partial charge on any atom is 0.242 e. The van der Waals surface area contributed by atoms with E-state index in [2.05, 4.69) is 5.32 Å². The SMILES string of the molecule is CC(C)CNC(=O)[C@H](C)N(Cc1ccccc1Cl)C(=O)CCCN(C)S(=O)(=O)c1ccccc1. The fraction of sp³-hybridized carbons (Fsp3) is 0.440. The molecular formula is C25H34ClN3O4S. The lowest BCUT2D eigenvalue weighted by atomic mass is 10.1. The number of nitrogens with zero attached hydrogens (tertiary/aromatic N) is 2. The number of hydrogen-bond donors (Lipinski definition) is 1. The minimum atomic E-state index is -3.63. The van der Waals surface area contributed by atoms with Crippen molar-refractivity contribution >= 4 is 33.4 Å². The van der Waals surface area contributed by atoms with Gasteiger partial charge in [0, 0.05) is 38.1 Å². The lowest BCUT2D eigenvalue weighted by Crippen LogP contribution is -2.48. The van der Waals surface area contributed by atoms with Gasteiger partial charge in [-0.25, -0.2) is 12.7 Å². The van der Waals surface area contributed by atoms with Crippen LogP contribution in [0.3, 0.4) is 0 Å². The molecule has 2 aromatic rings. The van der Waals surface area contributed by atoms with Gasteiger partial charge in [-0.3, -0.25) is 9.59 Å². The molecule has 7 nitrogen and oxygen atoms in total. The molecule has 0 bridgehead atoms. The van der Waals surface area contributed by atoms with Gasteiger partial charge in [0.2, 0.25) is 21.8 Å². The number of halogens is 1. The van der Waals surface area contributed by atoms with E-state index in [1.54, 1.807) is 49.4 Å². The van der Waals surface area contributed by atoms with Crippen LogP contribution in [0.1, 0.15) is 39.2 Å². The smallest absolute Gasteiger partial charge is 0.242 e. The van der Waals surface area contributed by atoms with Crippen molar-refractivity contribution in [3.8, 4) is 0 Å². The van der Waals surface area contributed by atoms with Crippen molar-refractivity contribution in [1.82, 2.24) is 14.5 Å². The third-order valence-corrected chi connectivity index (χ3v) is 7.71. The molecule has 0 unspecified atom stereocenters. The number of carbonyl (C=O) groups excluding carboxylic acids is 2. The predicted octanol–water partition coefficient (Wildman–Crippen LogP) is 3.93. The normalized spacial score (nSPS) is 12.6. The van der Waals surface area contributed by atoms with Crippen LogP contribution < -0.4 is 5.32 Å². The zero-order valence-corrected chi connectivity index (χ0v) is 21.8. The summed E-state index contributed by atoms with van der Waals surface area (Å²) >= 11 is 6.30. The molecule has 0 saturated heterocycles. The van der Waals surface area contributed by atoms with Crippen LogP contribution in [0.15, 0.2) is 59.5 Å². The van der Waals surface area contributed by atoms with Gasteiger partial charge < -0.3 is 10.2 Å². The van der Waals surface area contributed by atoms with Crippen molar-refractivity contribution in [3.63, 3.8) is 0 Å². The van der Waals surface area contributed by atoms with Gasteiger partial charge in [-0.2, -0.15) is 0 Å². The Balaban J connectivity index is 2.08. The minimum Gasteiger partial charge on any atom is -0.354 e. The first-order valence-corrected chi connectivity index (χ1v) is 13.2. The van der Waals surface area contributed by atoms with Gasteiger partial charge in [-0.1, -0.05) is 61.8 Å². The highest BCUT2D eigenvalue weighted by Gasteiger charge is 2.27. The molecule has 34 heavy (non-hydrogen) atoms. The van der Waals surface area contributed by atoms with Crippen molar-refractivity contribution < 1.29 is 18.0 Å². The second kappa shape index (κ2) is 12.9. The topological polar surface area (TPSA) is 86.8 Å². The maximum absolute atomic E-state index is 13.2. The Hall–Kier alpha value is -2.42. The van der Waals surface area contributed by atoms with E-state index in [4.69, 9.17) is 11.6 Å². The highest BCUT2D eigenvalue weighted by Crippen LogP contribution is 2.20. The molecule has 9 heteroatoms. The van der Waals surface area contributed by atoms with Gasteiger partial charge in [0.25, 0.3) is 0 Å². The molecule has 0 aromatic heterocycles. The number of hydrogen-bond acceptors (Lipinski definition) is 4. The summed E-state index contributed by atoms with van der Waals surface area (Å²) in [7, 11) is -2.13. The van der Waals surface area contributed by atoms with E-state index in [9.17, 15) is 18.0 Å². The highest BCUT2D eigenvalue weighted by atomic mass is 35.5. The van der Waals surface area contributed by atoms with Crippen molar-refractivity contribution in [3.05, 3.63) is 65.2 Å². The Morgan fingerprint density at radius 3 is 2.24 bits per heavy atom. The van der Waals surface area contributed by atoms with Crippen LogP contribution in [0.5, 0.6) is 0 Å². The molecular weight excluding hydrogens is 474 g/mol. The summed E-state index contributed by atoms with van der Waals surface area (Å²) in [4.78, 5) is 27.6. The number of rotatable bonds is 12. The standard InChI is InChI=1S/C25H34ClN3O4S/c1-19(2)17-27-25(31)20(3)29(18-21-11-8-9-14-23(21)26)24(30)15-10-16-28(4)34(32,33)22-12-6-5-7-13-22/h5-9,11-14,19-20H,10,15-18H2,1-4H3,(H,27,31)/t20-/m0/s1. The summed E-state index contributed by atoms with van der Waals surface area (Å²) in [5, 5.41) is 3.39. The lowest BCUT2D eigenvalue weighted by molar-refractivity contribution is -0.140. The molecule has 0 spiro atoms. The zero-order valence-electron chi connectivity index (χ0n) is 20.2. The van der Waals surface area contributed by atoms with Crippen LogP contribution in [-0.2, 0) is 26.2 Å². The molecule has 1 atom stereocenters. The maximum atomic E-state index is 13.2. The quantitative estimate of drug-likeness (QED) is 0.471. The lowest BCUT2D eigenvalue weighted by Gasteiger charge is -2.29. The van der Waals surface area contributed by atoms with Gasteiger partial charge in [-0.05, 0) is 43.0 Å². The van der Waals surface area contributed by atoms with Gasteiger partial charge in [0.1, 0.15) is 6.04 Å². The molecule has 2 rings (SSSR count). The molecule has 0 heterocycles. The van der Waals surface area contributed by atoms with Gasteiger partial charge in [0.15, 0.2) is 0 Å². The van der Waals surface area contributed by atoms with Crippen molar-refractivity contribution in [2.75, 3.05) is 20.1 Å². The van der Waals surface area contributed by atoms with E-state index < -0.39 is 16.1 Å². The highest BCUT2D eigenvalue weighted by molar-refractivity contribution is 7.89. The molecule has 0 fully saturated rings. The molecule has 186 valence electrons. The second-order valence-corrected chi connectivity index (χ2v) is 11.1. The van der Waals surface area contributed by atoms with E-state index in [0.717, 1.165) is 5.56 Å². The van der Waals surface area contributed by atoms with E-state index in [1.165, 1.54) is 16.3 Å². The number of carbonyl (C=O) groups is 2. The Morgan fingerprint density at radius 2 is 1.62 bits per heavy atom. The van der Waals surface area contributed by atoms with Crippen LogP contribution in [0, 0.1) is 5.92 Å². The van der Waals surface area contributed by atoms with Crippen LogP contribution in [-0.4, -0.2) is 55.6 Å². The average Bonchev–Trinajstić information content (AvgIpc) is 2.81. The first kappa shape index (κ1) is 27.8. The molecule has 0 aliphatic rings. The van der Waals surface area contributed by atoms with Gasteiger partial charge in [0.05, 0.1) is 4.90 Å². The summed E-state index contributed by atoms with van der Waals surface area (Å²) in [6, 6.07) is 14.7. The number of amides is 2. The predicted molar refractivity (Wildman–Crippen MR) is 135 cm³/mol. The fourth-order valence-corrected chi connectivity index (χ4v) is 4.76. The Labute approximate surface area is 208 Å². The molecule has 1 N–H and O–H groups in total.